The molecule has 214 valence electrons. The van der Waals surface area contributed by atoms with E-state index in [2.05, 4.69) is 10.4 Å². The Morgan fingerprint density at radius 1 is 1.20 bits per heavy atom. The number of primary amides is 1. The van der Waals surface area contributed by atoms with Crippen LogP contribution in [-0.4, -0.2) is 58.7 Å². The standard InChI is InChI=1S/C27H30F4N6O3/c1-14(2)36-9-8-27(30,31)21(13-36)37-24(32)22(25(33)38)23(35-37)15-4-5-16(19(29)10-15)12-34-26(39)18-11-17(28)6-7-20(18)40-3/h4-7,10-11,14,21H,8-9,12-13,32H2,1-3H3,(H2,33,38)(H,34,39). The molecular weight excluding hydrogens is 532 g/mol. The van der Waals surface area contributed by atoms with Crippen LogP contribution < -0.4 is 21.5 Å². The van der Waals surface area contributed by atoms with Gasteiger partial charge in [-0.25, -0.2) is 22.2 Å². The molecule has 1 aliphatic rings. The minimum atomic E-state index is -3.16. The SMILES string of the molecule is COc1ccc(F)cc1C(=O)NCc1ccc(-c2nn(C3CN(C(C)C)CCC3(F)F)c(N)c2C(N)=O)cc1F. The number of nitrogens with one attached hydrogen (secondary N) is 1. The molecule has 0 saturated carbocycles. The summed E-state index contributed by atoms with van der Waals surface area (Å²) in [7, 11) is 1.33. The van der Waals surface area contributed by atoms with E-state index >= 15 is 4.39 Å². The number of nitrogens with zero attached hydrogens (tertiary/aromatic N) is 3. The van der Waals surface area contributed by atoms with Gasteiger partial charge in [0.2, 0.25) is 0 Å². The van der Waals surface area contributed by atoms with Crippen molar-refractivity contribution in [2.75, 3.05) is 25.9 Å². The summed E-state index contributed by atoms with van der Waals surface area (Å²) >= 11 is 0. The molecule has 0 radical (unpaired) electrons. The summed E-state index contributed by atoms with van der Waals surface area (Å²) in [6.07, 6.45) is -0.424. The molecule has 3 aromatic rings. The number of halogens is 4. The number of piperidine rings is 1. The first-order valence-corrected chi connectivity index (χ1v) is 12.5. The molecular formula is C27H30F4N6O3. The average molecular weight is 563 g/mol. The minimum absolute atomic E-state index is 0.00500. The normalized spacial score (nSPS) is 17.1. The molecule has 1 aliphatic heterocycles. The Bertz CT molecular complexity index is 1440. The van der Waals surface area contributed by atoms with Crippen LogP contribution in [0.15, 0.2) is 36.4 Å². The van der Waals surface area contributed by atoms with Gasteiger partial charge in [-0.15, -0.1) is 0 Å². The minimum Gasteiger partial charge on any atom is -0.496 e. The number of benzene rings is 2. The van der Waals surface area contributed by atoms with Gasteiger partial charge < -0.3 is 21.5 Å². The number of hydrogen-bond acceptors (Lipinski definition) is 6. The fourth-order valence-electron chi connectivity index (χ4n) is 4.73. The van der Waals surface area contributed by atoms with Crippen molar-refractivity contribution in [1.82, 2.24) is 20.0 Å². The van der Waals surface area contributed by atoms with Crippen molar-refractivity contribution in [3.63, 3.8) is 0 Å². The zero-order valence-electron chi connectivity index (χ0n) is 22.2. The summed E-state index contributed by atoms with van der Waals surface area (Å²) in [6.45, 7) is 3.64. The molecule has 4 rings (SSSR count). The highest BCUT2D eigenvalue weighted by Crippen LogP contribution is 2.40. The molecule has 1 aromatic heterocycles. The lowest BCUT2D eigenvalue weighted by Crippen LogP contribution is -2.50. The van der Waals surface area contributed by atoms with Crippen molar-refractivity contribution in [1.29, 1.82) is 0 Å². The van der Waals surface area contributed by atoms with Crippen LogP contribution in [0.1, 0.15) is 52.6 Å². The van der Waals surface area contributed by atoms with E-state index in [0.717, 1.165) is 22.9 Å². The Balaban J connectivity index is 1.62. The van der Waals surface area contributed by atoms with Gasteiger partial charge in [-0.2, -0.15) is 5.10 Å². The molecule has 0 bridgehead atoms. The number of nitrogens with two attached hydrogens (primary N) is 2. The second-order valence-corrected chi connectivity index (χ2v) is 9.87. The van der Waals surface area contributed by atoms with Crippen molar-refractivity contribution in [2.24, 2.45) is 5.73 Å². The lowest BCUT2D eigenvalue weighted by Gasteiger charge is -2.40. The van der Waals surface area contributed by atoms with E-state index in [0.29, 0.717) is 0 Å². The summed E-state index contributed by atoms with van der Waals surface area (Å²) in [4.78, 5) is 26.7. The summed E-state index contributed by atoms with van der Waals surface area (Å²) in [5, 5.41) is 6.72. The van der Waals surface area contributed by atoms with E-state index in [1.165, 1.54) is 25.3 Å². The summed E-state index contributed by atoms with van der Waals surface area (Å²) in [6, 6.07) is 5.75. The number of carbonyl (C=O) groups is 2. The predicted octanol–water partition coefficient (Wildman–Crippen LogP) is 3.74. The van der Waals surface area contributed by atoms with Crippen molar-refractivity contribution >= 4 is 17.6 Å². The van der Waals surface area contributed by atoms with E-state index in [4.69, 9.17) is 16.2 Å². The van der Waals surface area contributed by atoms with Gasteiger partial charge in [0.25, 0.3) is 17.7 Å². The highest BCUT2D eigenvalue weighted by atomic mass is 19.3. The van der Waals surface area contributed by atoms with Gasteiger partial charge in [-0.3, -0.25) is 14.5 Å². The molecule has 5 N–H and O–H groups in total. The fourth-order valence-corrected chi connectivity index (χ4v) is 4.73. The van der Waals surface area contributed by atoms with E-state index < -0.39 is 41.8 Å². The van der Waals surface area contributed by atoms with Gasteiger partial charge in [0, 0.05) is 43.2 Å². The number of hydrogen-bond donors (Lipinski definition) is 3. The maximum atomic E-state index is 15.1. The molecule has 13 heteroatoms. The summed E-state index contributed by atoms with van der Waals surface area (Å²) in [5.74, 6) is -6.46. The Hall–Kier alpha value is -4.13. The van der Waals surface area contributed by atoms with Crippen LogP contribution in [0, 0.1) is 11.6 Å². The molecule has 1 saturated heterocycles. The number of anilines is 1. The number of methoxy groups -OCH3 is 1. The van der Waals surface area contributed by atoms with E-state index in [1.807, 2.05) is 18.7 Å². The van der Waals surface area contributed by atoms with Crippen molar-refractivity contribution in [3.05, 3.63) is 64.7 Å². The van der Waals surface area contributed by atoms with Gasteiger partial charge >= 0.3 is 0 Å². The number of amides is 2. The van der Waals surface area contributed by atoms with Gasteiger partial charge in [-0.1, -0.05) is 12.1 Å². The van der Waals surface area contributed by atoms with Crippen LogP contribution in [0.5, 0.6) is 5.75 Å². The number of aromatic nitrogens is 2. The summed E-state index contributed by atoms with van der Waals surface area (Å²) < 4.78 is 64.7. The number of alkyl halides is 2. The van der Waals surface area contributed by atoms with Gasteiger partial charge in [0.1, 0.15) is 40.5 Å². The second kappa shape index (κ2) is 11.2. The van der Waals surface area contributed by atoms with Crippen molar-refractivity contribution < 1.29 is 31.9 Å². The first-order valence-electron chi connectivity index (χ1n) is 12.5. The number of likely N-dealkylation sites (tertiary alicyclic amines) is 1. The van der Waals surface area contributed by atoms with Crippen LogP contribution in [0.3, 0.4) is 0 Å². The number of nitrogen functional groups attached to an aromatic ring is 1. The predicted molar refractivity (Wildman–Crippen MR) is 140 cm³/mol. The zero-order chi connectivity index (χ0) is 29.4. The Morgan fingerprint density at radius 2 is 1.93 bits per heavy atom. The monoisotopic (exact) mass is 562 g/mol. The third-order valence-electron chi connectivity index (χ3n) is 7.02. The average Bonchev–Trinajstić information content (AvgIpc) is 3.24. The Kier molecular flexibility index (Phi) is 8.05. The van der Waals surface area contributed by atoms with Gasteiger partial charge in [0.15, 0.2) is 0 Å². The third-order valence-corrected chi connectivity index (χ3v) is 7.02. The fraction of sp³-hybridized carbons (Fsp3) is 0.370. The van der Waals surface area contributed by atoms with Crippen LogP contribution in [0.2, 0.25) is 0 Å². The maximum absolute atomic E-state index is 15.1. The van der Waals surface area contributed by atoms with Crippen LogP contribution in [0.4, 0.5) is 23.4 Å². The quantitative estimate of drug-likeness (QED) is 0.359. The molecule has 2 aromatic carbocycles. The number of rotatable bonds is 8. The topological polar surface area (TPSA) is 128 Å². The van der Waals surface area contributed by atoms with Crippen molar-refractivity contribution in [2.45, 2.75) is 44.8 Å². The lowest BCUT2D eigenvalue weighted by molar-refractivity contribution is -0.105. The Morgan fingerprint density at radius 3 is 2.55 bits per heavy atom. The first kappa shape index (κ1) is 28.9. The van der Waals surface area contributed by atoms with Gasteiger partial charge in [-0.05, 0) is 38.1 Å². The maximum Gasteiger partial charge on any atom is 0.272 e. The van der Waals surface area contributed by atoms with Crippen LogP contribution in [-0.2, 0) is 6.54 Å². The molecule has 40 heavy (non-hydrogen) atoms. The van der Waals surface area contributed by atoms with E-state index in [1.54, 1.807) is 0 Å². The largest absolute Gasteiger partial charge is 0.496 e. The highest BCUT2D eigenvalue weighted by Gasteiger charge is 2.47. The molecule has 2 amide bonds. The molecule has 1 fully saturated rings. The molecule has 0 aliphatic carbocycles. The van der Waals surface area contributed by atoms with Crippen molar-refractivity contribution in [3.8, 4) is 17.0 Å². The van der Waals surface area contributed by atoms with E-state index in [9.17, 15) is 22.8 Å². The first-order chi connectivity index (χ1) is 18.8. The van der Waals surface area contributed by atoms with Gasteiger partial charge in [0.05, 0.1) is 12.7 Å². The third kappa shape index (κ3) is 5.60. The molecule has 1 unspecified atom stereocenters. The molecule has 2 heterocycles. The molecule has 0 spiro atoms. The van der Waals surface area contributed by atoms with Crippen LogP contribution in [0.25, 0.3) is 11.3 Å². The van der Waals surface area contributed by atoms with Crippen LogP contribution >= 0.6 is 0 Å². The molecule has 1 atom stereocenters. The number of carbonyl (C=O) groups excluding carboxylic acids is 2. The summed E-state index contributed by atoms with van der Waals surface area (Å²) in [5.41, 5.74) is 11.3. The number of ether oxygens (including phenoxy) is 1. The smallest absolute Gasteiger partial charge is 0.272 e. The lowest BCUT2D eigenvalue weighted by atomic mass is 9.99. The van der Waals surface area contributed by atoms with E-state index in [-0.39, 0.29) is 65.2 Å². The molecule has 9 nitrogen and oxygen atoms in total. The zero-order valence-corrected chi connectivity index (χ0v) is 22.2. The Labute approximate surface area is 228 Å². The highest BCUT2D eigenvalue weighted by molar-refractivity contribution is 6.03. The second-order valence-electron chi connectivity index (χ2n) is 9.87.